The van der Waals surface area contributed by atoms with Crippen LogP contribution in [0.5, 0.6) is 5.75 Å². The van der Waals surface area contributed by atoms with Crippen molar-refractivity contribution >= 4 is 33.3 Å². The van der Waals surface area contributed by atoms with E-state index in [-0.39, 0.29) is 16.3 Å². The Hall–Kier alpha value is -0.680. The first-order chi connectivity index (χ1) is 7.43. The van der Waals surface area contributed by atoms with Gasteiger partial charge in [-0.2, -0.15) is 8.78 Å². The molecule has 1 rings (SSSR count). The van der Waals surface area contributed by atoms with Gasteiger partial charge in [-0.1, -0.05) is 33.6 Å². The van der Waals surface area contributed by atoms with Crippen LogP contribution >= 0.6 is 27.5 Å². The van der Waals surface area contributed by atoms with Crippen molar-refractivity contribution in [1.29, 1.82) is 0 Å². The molecule has 0 amide bonds. The molecule has 88 valence electrons. The highest BCUT2D eigenvalue weighted by Crippen LogP contribution is 2.30. The first kappa shape index (κ1) is 13.4. The van der Waals surface area contributed by atoms with Crippen molar-refractivity contribution in [3.8, 4) is 5.75 Å². The standard InChI is InChI=1S/C10H8BrClF2O2/c1-5(11)9(15)8-6(12)3-2-4-7(8)16-10(13)14/h2-5,10H,1H3. The monoisotopic (exact) mass is 312 g/mol. The number of benzene rings is 1. The number of ether oxygens (including phenoxy) is 1. The Labute approximate surface area is 105 Å². The molecule has 0 saturated carbocycles. The van der Waals surface area contributed by atoms with Gasteiger partial charge in [-0.05, 0) is 19.1 Å². The van der Waals surface area contributed by atoms with Gasteiger partial charge < -0.3 is 4.74 Å². The molecule has 0 radical (unpaired) electrons. The Morgan fingerprint density at radius 3 is 2.62 bits per heavy atom. The van der Waals surface area contributed by atoms with E-state index in [9.17, 15) is 13.6 Å². The molecule has 0 fully saturated rings. The minimum Gasteiger partial charge on any atom is -0.434 e. The van der Waals surface area contributed by atoms with E-state index in [1.165, 1.54) is 18.2 Å². The van der Waals surface area contributed by atoms with Crippen molar-refractivity contribution in [3.05, 3.63) is 28.8 Å². The van der Waals surface area contributed by atoms with E-state index < -0.39 is 17.2 Å². The van der Waals surface area contributed by atoms with Gasteiger partial charge in [0.05, 0.1) is 15.4 Å². The van der Waals surface area contributed by atoms with Crippen LogP contribution in [0.4, 0.5) is 8.78 Å². The zero-order chi connectivity index (χ0) is 12.3. The van der Waals surface area contributed by atoms with Crippen LogP contribution in [-0.2, 0) is 0 Å². The van der Waals surface area contributed by atoms with Crippen molar-refractivity contribution in [2.75, 3.05) is 0 Å². The molecule has 1 atom stereocenters. The fraction of sp³-hybridized carbons (Fsp3) is 0.300. The third-order valence-corrected chi connectivity index (χ3v) is 2.53. The largest absolute Gasteiger partial charge is 0.434 e. The van der Waals surface area contributed by atoms with Gasteiger partial charge in [0.15, 0.2) is 5.78 Å². The van der Waals surface area contributed by atoms with Crippen LogP contribution in [0.15, 0.2) is 18.2 Å². The van der Waals surface area contributed by atoms with Crippen molar-refractivity contribution in [3.63, 3.8) is 0 Å². The fourth-order valence-corrected chi connectivity index (χ4v) is 1.62. The summed E-state index contributed by atoms with van der Waals surface area (Å²) < 4.78 is 28.5. The topological polar surface area (TPSA) is 26.3 Å². The summed E-state index contributed by atoms with van der Waals surface area (Å²) in [6.45, 7) is -1.41. The van der Waals surface area contributed by atoms with Crippen LogP contribution in [0.3, 0.4) is 0 Å². The van der Waals surface area contributed by atoms with Crippen LogP contribution < -0.4 is 4.74 Å². The summed E-state index contributed by atoms with van der Waals surface area (Å²) in [5.74, 6) is -0.611. The van der Waals surface area contributed by atoms with E-state index in [1.807, 2.05) is 0 Å². The molecule has 0 saturated heterocycles. The summed E-state index contributed by atoms with van der Waals surface area (Å²) in [4.78, 5) is 11.2. The summed E-state index contributed by atoms with van der Waals surface area (Å²) in [6.07, 6.45) is 0. The summed E-state index contributed by atoms with van der Waals surface area (Å²) in [5.41, 5.74) is -0.0335. The maximum atomic E-state index is 12.1. The van der Waals surface area contributed by atoms with Crippen molar-refractivity contribution in [2.45, 2.75) is 18.4 Å². The molecule has 0 bridgehead atoms. The molecule has 2 nitrogen and oxygen atoms in total. The molecule has 1 unspecified atom stereocenters. The zero-order valence-electron chi connectivity index (χ0n) is 8.22. The zero-order valence-corrected chi connectivity index (χ0v) is 10.6. The van der Waals surface area contributed by atoms with Crippen molar-refractivity contribution in [2.24, 2.45) is 0 Å². The molecule has 0 aromatic heterocycles. The van der Waals surface area contributed by atoms with Gasteiger partial charge >= 0.3 is 6.61 Å². The minimum absolute atomic E-state index is 0.0335. The molecule has 6 heteroatoms. The number of rotatable bonds is 4. The van der Waals surface area contributed by atoms with Crippen molar-refractivity contribution in [1.82, 2.24) is 0 Å². The first-order valence-corrected chi connectivity index (χ1v) is 5.64. The molecule has 0 heterocycles. The first-order valence-electron chi connectivity index (χ1n) is 4.35. The molecule has 0 aliphatic carbocycles. The number of carbonyl (C=O) groups excluding carboxylic acids is 1. The maximum Gasteiger partial charge on any atom is 0.387 e. The fourth-order valence-electron chi connectivity index (χ4n) is 1.14. The summed E-state index contributed by atoms with van der Waals surface area (Å²) in [6, 6.07) is 4.17. The number of ketones is 1. The highest BCUT2D eigenvalue weighted by molar-refractivity contribution is 9.10. The maximum absolute atomic E-state index is 12.1. The van der Waals surface area contributed by atoms with Gasteiger partial charge in [-0.15, -0.1) is 0 Å². The summed E-state index contributed by atoms with van der Waals surface area (Å²) in [7, 11) is 0. The summed E-state index contributed by atoms with van der Waals surface area (Å²) in [5, 5.41) is 0.0921. The van der Waals surface area contributed by atoms with Crippen molar-refractivity contribution < 1.29 is 18.3 Å². The van der Waals surface area contributed by atoms with Gasteiger partial charge in [0, 0.05) is 0 Å². The van der Waals surface area contributed by atoms with Crippen LogP contribution in [0.2, 0.25) is 5.02 Å². The second-order valence-corrected chi connectivity index (χ2v) is 4.75. The van der Waals surface area contributed by atoms with E-state index in [0.717, 1.165) is 0 Å². The Balaban J connectivity index is 3.18. The number of Topliss-reactive ketones (excluding diaryl/α,β-unsaturated/α-hetero) is 1. The van der Waals surface area contributed by atoms with Gasteiger partial charge in [0.1, 0.15) is 5.75 Å². The SMILES string of the molecule is CC(Br)C(=O)c1c(Cl)cccc1OC(F)F. The number of hydrogen-bond acceptors (Lipinski definition) is 2. The Kier molecular flexibility index (Phi) is 4.68. The summed E-state index contributed by atoms with van der Waals surface area (Å²) >= 11 is 8.85. The molecular weight excluding hydrogens is 305 g/mol. The molecule has 0 N–H and O–H groups in total. The predicted octanol–water partition coefficient (Wildman–Crippen LogP) is 3.91. The lowest BCUT2D eigenvalue weighted by Crippen LogP contribution is -2.14. The third kappa shape index (κ3) is 3.15. The van der Waals surface area contributed by atoms with E-state index >= 15 is 0 Å². The minimum atomic E-state index is -2.99. The Morgan fingerprint density at radius 2 is 2.12 bits per heavy atom. The predicted molar refractivity (Wildman–Crippen MR) is 60.8 cm³/mol. The molecule has 0 aliphatic heterocycles. The van der Waals surface area contributed by atoms with E-state index in [1.54, 1.807) is 6.92 Å². The molecule has 1 aromatic rings. The van der Waals surface area contributed by atoms with Crippen LogP contribution in [0.1, 0.15) is 17.3 Å². The van der Waals surface area contributed by atoms with Gasteiger partial charge in [0.25, 0.3) is 0 Å². The quantitative estimate of drug-likeness (QED) is 0.622. The second-order valence-electron chi connectivity index (χ2n) is 2.97. The Bertz CT molecular complexity index is 396. The van der Waals surface area contributed by atoms with Gasteiger partial charge in [0.2, 0.25) is 0 Å². The second kappa shape index (κ2) is 5.59. The third-order valence-electron chi connectivity index (χ3n) is 1.80. The molecule has 1 aromatic carbocycles. The van der Waals surface area contributed by atoms with Crippen LogP contribution in [0.25, 0.3) is 0 Å². The lowest BCUT2D eigenvalue weighted by molar-refractivity contribution is -0.0501. The normalized spacial score (nSPS) is 12.6. The number of halogens is 4. The number of alkyl halides is 3. The van der Waals surface area contributed by atoms with Crippen LogP contribution in [0, 0.1) is 0 Å². The molecular formula is C10H8BrClF2O2. The highest BCUT2D eigenvalue weighted by Gasteiger charge is 2.21. The van der Waals surface area contributed by atoms with Gasteiger partial charge in [-0.25, -0.2) is 0 Å². The molecule has 16 heavy (non-hydrogen) atoms. The van der Waals surface area contributed by atoms with Crippen LogP contribution in [-0.4, -0.2) is 17.2 Å². The van der Waals surface area contributed by atoms with E-state index in [0.29, 0.717) is 0 Å². The smallest absolute Gasteiger partial charge is 0.387 e. The highest BCUT2D eigenvalue weighted by atomic mass is 79.9. The lowest BCUT2D eigenvalue weighted by atomic mass is 10.1. The van der Waals surface area contributed by atoms with E-state index in [2.05, 4.69) is 20.7 Å². The average molecular weight is 314 g/mol. The molecule has 0 aliphatic rings. The molecule has 0 spiro atoms. The Morgan fingerprint density at radius 1 is 1.50 bits per heavy atom. The number of hydrogen-bond donors (Lipinski definition) is 0. The average Bonchev–Trinajstić information content (AvgIpc) is 2.16. The number of carbonyl (C=O) groups is 1. The van der Waals surface area contributed by atoms with Gasteiger partial charge in [-0.3, -0.25) is 4.79 Å². The lowest BCUT2D eigenvalue weighted by Gasteiger charge is -2.12. The van der Waals surface area contributed by atoms with E-state index in [4.69, 9.17) is 11.6 Å².